The summed E-state index contributed by atoms with van der Waals surface area (Å²) in [7, 11) is 1.38. The molecule has 0 spiro atoms. The largest absolute Gasteiger partial charge is 0.416 e. The number of rotatable bonds is 4. The number of carbonyl (C=O) groups is 2. The molecule has 0 aliphatic rings. The quantitative estimate of drug-likeness (QED) is 0.831. The van der Waals surface area contributed by atoms with Gasteiger partial charge in [-0.05, 0) is 38.0 Å². The molecule has 2 amide bonds. The van der Waals surface area contributed by atoms with Crippen molar-refractivity contribution in [2.75, 3.05) is 18.9 Å². The van der Waals surface area contributed by atoms with Crippen LogP contribution in [0.25, 0.3) is 0 Å². The predicted octanol–water partition coefficient (Wildman–Crippen LogP) is 2.18. The molecule has 1 aromatic carbocycles. The lowest BCUT2D eigenvalue weighted by molar-refractivity contribution is -0.142. The number of aliphatic hydroxyl groups is 1. The summed E-state index contributed by atoms with van der Waals surface area (Å²) in [6.45, 7) is 3.23. The van der Waals surface area contributed by atoms with E-state index in [0.717, 1.165) is 17.0 Å². The molecule has 1 rings (SSSR count). The Morgan fingerprint density at radius 2 is 1.96 bits per heavy atom. The van der Waals surface area contributed by atoms with Crippen LogP contribution in [0.3, 0.4) is 0 Å². The van der Waals surface area contributed by atoms with Crippen LogP contribution in [0, 0.1) is 6.92 Å². The molecule has 0 fully saturated rings. The van der Waals surface area contributed by atoms with Gasteiger partial charge in [0.05, 0.1) is 11.7 Å². The fourth-order valence-corrected chi connectivity index (χ4v) is 1.76. The normalized spacial score (nSPS) is 12.7. The molecule has 1 atom stereocenters. The van der Waals surface area contributed by atoms with Gasteiger partial charge in [-0.15, -0.1) is 0 Å². The van der Waals surface area contributed by atoms with E-state index in [1.165, 1.54) is 20.0 Å². The third kappa shape index (κ3) is 5.55. The molecular weight excluding hydrogens is 313 g/mol. The van der Waals surface area contributed by atoms with Crippen LogP contribution in [0.1, 0.15) is 24.5 Å². The summed E-state index contributed by atoms with van der Waals surface area (Å²) >= 11 is 0. The fourth-order valence-electron chi connectivity index (χ4n) is 1.76. The first kappa shape index (κ1) is 19.0. The van der Waals surface area contributed by atoms with Crippen LogP contribution >= 0.6 is 0 Å². The Bertz CT molecular complexity index is 586. The number of nitrogens with one attached hydrogen (secondary N) is 1. The summed E-state index contributed by atoms with van der Waals surface area (Å²) in [4.78, 5) is 24.8. The predicted molar refractivity (Wildman–Crippen MR) is 78.7 cm³/mol. The highest BCUT2D eigenvalue weighted by Gasteiger charge is 2.31. The van der Waals surface area contributed by atoms with Gasteiger partial charge in [-0.1, -0.05) is 6.07 Å². The van der Waals surface area contributed by atoms with E-state index >= 15 is 0 Å². The van der Waals surface area contributed by atoms with Crippen LogP contribution in [-0.4, -0.2) is 41.5 Å². The van der Waals surface area contributed by atoms with E-state index in [-0.39, 0.29) is 18.7 Å². The maximum atomic E-state index is 12.7. The van der Waals surface area contributed by atoms with Gasteiger partial charge >= 0.3 is 18.0 Å². The van der Waals surface area contributed by atoms with Crippen molar-refractivity contribution in [2.24, 2.45) is 0 Å². The van der Waals surface area contributed by atoms with E-state index in [0.29, 0.717) is 5.56 Å². The first-order valence-electron chi connectivity index (χ1n) is 6.94. The van der Waals surface area contributed by atoms with Gasteiger partial charge < -0.3 is 15.3 Å². The molecule has 23 heavy (non-hydrogen) atoms. The lowest BCUT2D eigenvalue weighted by atomic mass is 10.1. The molecule has 2 N–H and O–H groups in total. The molecule has 0 saturated carbocycles. The fraction of sp³-hybridized carbons (Fsp3) is 0.467. The second-order valence-electron chi connectivity index (χ2n) is 5.35. The van der Waals surface area contributed by atoms with Gasteiger partial charge in [0.1, 0.15) is 0 Å². The molecule has 0 radical (unpaired) electrons. The number of aryl methyl sites for hydroxylation is 1. The van der Waals surface area contributed by atoms with E-state index in [4.69, 9.17) is 5.11 Å². The first-order chi connectivity index (χ1) is 10.5. The number of hydrogen-bond acceptors (Lipinski definition) is 3. The number of aliphatic hydroxyl groups excluding tert-OH is 1. The highest BCUT2D eigenvalue weighted by molar-refractivity contribution is 6.39. The Kier molecular flexibility index (Phi) is 6.14. The van der Waals surface area contributed by atoms with Crippen molar-refractivity contribution in [3.05, 3.63) is 29.3 Å². The third-order valence-electron chi connectivity index (χ3n) is 3.24. The average molecular weight is 332 g/mol. The van der Waals surface area contributed by atoms with Crippen molar-refractivity contribution >= 4 is 17.5 Å². The molecule has 1 aromatic rings. The summed E-state index contributed by atoms with van der Waals surface area (Å²) in [5.74, 6) is -1.91. The topological polar surface area (TPSA) is 69.6 Å². The lowest BCUT2D eigenvalue weighted by Crippen LogP contribution is -2.38. The summed E-state index contributed by atoms with van der Waals surface area (Å²) in [6.07, 6.45) is -4.87. The van der Waals surface area contributed by atoms with Gasteiger partial charge in [-0.2, -0.15) is 13.2 Å². The lowest BCUT2D eigenvalue weighted by Gasteiger charge is -2.18. The smallest absolute Gasteiger partial charge is 0.393 e. The van der Waals surface area contributed by atoms with Crippen molar-refractivity contribution < 1.29 is 27.9 Å². The Labute approximate surface area is 132 Å². The zero-order chi connectivity index (χ0) is 17.8. The van der Waals surface area contributed by atoms with Crippen LogP contribution in [0.5, 0.6) is 0 Å². The van der Waals surface area contributed by atoms with Gasteiger partial charge in [0.25, 0.3) is 0 Å². The number of amides is 2. The van der Waals surface area contributed by atoms with Gasteiger partial charge in [-0.3, -0.25) is 9.59 Å². The van der Waals surface area contributed by atoms with Gasteiger partial charge in [-0.25, -0.2) is 0 Å². The zero-order valence-electron chi connectivity index (χ0n) is 13.1. The molecule has 0 aromatic heterocycles. The van der Waals surface area contributed by atoms with E-state index in [9.17, 15) is 22.8 Å². The van der Waals surface area contributed by atoms with E-state index in [1.54, 1.807) is 6.92 Å². The summed E-state index contributed by atoms with van der Waals surface area (Å²) in [6, 6.07) is 2.91. The molecular formula is C15H19F3N2O3. The van der Waals surface area contributed by atoms with Crippen molar-refractivity contribution in [2.45, 2.75) is 32.5 Å². The molecule has 0 aliphatic carbocycles. The number of anilines is 1. The molecule has 0 saturated heterocycles. The summed E-state index contributed by atoms with van der Waals surface area (Å²) in [5, 5.41) is 11.4. The second kappa shape index (κ2) is 7.45. The van der Waals surface area contributed by atoms with Crippen molar-refractivity contribution in [1.29, 1.82) is 0 Å². The van der Waals surface area contributed by atoms with Crippen molar-refractivity contribution in [1.82, 2.24) is 4.90 Å². The Hall–Kier alpha value is -2.09. The maximum absolute atomic E-state index is 12.7. The Morgan fingerprint density at radius 1 is 1.35 bits per heavy atom. The first-order valence-corrected chi connectivity index (χ1v) is 6.94. The van der Waals surface area contributed by atoms with E-state index < -0.39 is 29.7 Å². The molecule has 0 aliphatic heterocycles. The average Bonchev–Trinajstić information content (AvgIpc) is 2.44. The standard InChI is InChI=1S/C15H19F3N2O3/c1-9-4-5-11(15(16,17)18)8-12(9)19-13(22)14(23)20(3)7-6-10(2)21/h4-5,8,10,21H,6-7H2,1-3H3,(H,19,22). The number of halogens is 3. The number of likely N-dealkylation sites (N-methyl/N-ethyl adjacent to an activating group) is 1. The van der Waals surface area contributed by atoms with Gasteiger partial charge in [0, 0.05) is 19.3 Å². The number of alkyl halides is 3. The zero-order valence-corrected chi connectivity index (χ0v) is 13.1. The van der Waals surface area contributed by atoms with Crippen LogP contribution in [0.2, 0.25) is 0 Å². The van der Waals surface area contributed by atoms with Crippen LogP contribution in [0.15, 0.2) is 18.2 Å². The van der Waals surface area contributed by atoms with Gasteiger partial charge in [0.2, 0.25) is 0 Å². The monoisotopic (exact) mass is 332 g/mol. The Morgan fingerprint density at radius 3 is 2.48 bits per heavy atom. The molecule has 8 heteroatoms. The van der Waals surface area contributed by atoms with E-state index in [1.807, 2.05) is 0 Å². The molecule has 128 valence electrons. The maximum Gasteiger partial charge on any atom is 0.416 e. The minimum absolute atomic E-state index is 0.0675. The van der Waals surface area contributed by atoms with Crippen LogP contribution in [-0.2, 0) is 15.8 Å². The SMILES string of the molecule is Cc1ccc(C(F)(F)F)cc1NC(=O)C(=O)N(C)CCC(C)O. The van der Waals surface area contributed by atoms with Gasteiger partial charge in [0.15, 0.2) is 0 Å². The minimum Gasteiger partial charge on any atom is -0.393 e. The van der Waals surface area contributed by atoms with Crippen LogP contribution < -0.4 is 5.32 Å². The number of benzene rings is 1. The molecule has 0 bridgehead atoms. The van der Waals surface area contributed by atoms with Crippen molar-refractivity contribution in [3.63, 3.8) is 0 Å². The number of hydrogen-bond donors (Lipinski definition) is 2. The molecule has 5 nitrogen and oxygen atoms in total. The number of nitrogens with zero attached hydrogens (tertiary/aromatic N) is 1. The second-order valence-corrected chi connectivity index (χ2v) is 5.35. The highest BCUT2D eigenvalue weighted by atomic mass is 19.4. The Balaban J connectivity index is 2.82. The van der Waals surface area contributed by atoms with E-state index in [2.05, 4.69) is 5.32 Å². The van der Waals surface area contributed by atoms with Crippen molar-refractivity contribution in [3.8, 4) is 0 Å². The van der Waals surface area contributed by atoms with Crippen LogP contribution in [0.4, 0.5) is 18.9 Å². The minimum atomic E-state index is -4.54. The summed E-state index contributed by atoms with van der Waals surface area (Å²) in [5.41, 5.74) is -0.568. The third-order valence-corrected chi connectivity index (χ3v) is 3.24. The highest BCUT2D eigenvalue weighted by Crippen LogP contribution is 2.32. The molecule has 1 unspecified atom stereocenters. The molecule has 0 heterocycles. The number of carbonyl (C=O) groups excluding carboxylic acids is 2. The summed E-state index contributed by atoms with van der Waals surface area (Å²) < 4.78 is 38.1.